The second kappa shape index (κ2) is 8.66. The first-order valence-electron chi connectivity index (χ1n) is 7.47. The van der Waals surface area contributed by atoms with Crippen molar-refractivity contribution in [2.75, 3.05) is 20.3 Å². The fraction of sp³-hybridized carbons (Fsp3) is 0.333. The highest BCUT2D eigenvalue weighted by atomic mass is 35.5. The number of methoxy groups -OCH3 is 1. The third-order valence-corrected chi connectivity index (χ3v) is 3.62. The van der Waals surface area contributed by atoms with Crippen LogP contribution in [0.4, 0.5) is 0 Å². The summed E-state index contributed by atoms with van der Waals surface area (Å²) in [4.78, 5) is 0. The summed E-state index contributed by atoms with van der Waals surface area (Å²) in [6.07, 6.45) is 0.967. The van der Waals surface area contributed by atoms with E-state index in [0.29, 0.717) is 6.61 Å². The van der Waals surface area contributed by atoms with E-state index in [1.165, 1.54) is 5.56 Å². The molecule has 0 amide bonds. The first-order valence-corrected chi connectivity index (χ1v) is 7.85. The van der Waals surface area contributed by atoms with Gasteiger partial charge in [0.25, 0.3) is 0 Å². The lowest BCUT2D eigenvalue weighted by Gasteiger charge is -2.11. The fourth-order valence-electron chi connectivity index (χ4n) is 2.23. The van der Waals surface area contributed by atoms with Gasteiger partial charge in [-0.05, 0) is 55.8 Å². The van der Waals surface area contributed by atoms with Crippen molar-refractivity contribution in [2.24, 2.45) is 0 Å². The molecule has 0 fully saturated rings. The van der Waals surface area contributed by atoms with Gasteiger partial charge in [0, 0.05) is 17.1 Å². The van der Waals surface area contributed by atoms with E-state index in [4.69, 9.17) is 21.1 Å². The van der Waals surface area contributed by atoms with Crippen LogP contribution in [0, 0.1) is 0 Å². The standard InChI is InChI=1S/C18H22ClNO2/c1-3-22-18-9-6-16(19)12-15(18)13-20-11-10-14-4-7-17(21-2)8-5-14/h4-9,12,20H,3,10-11,13H2,1-2H3. The Kier molecular flexibility index (Phi) is 6.56. The Labute approximate surface area is 137 Å². The zero-order valence-electron chi connectivity index (χ0n) is 13.1. The van der Waals surface area contributed by atoms with Gasteiger partial charge in [0.15, 0.2) is 0 Å². The Morgan fingerprint density at radius 2 is 1.86 bits per heavy atom. The molecule has 1 N–H and O–H groups in total. The Morgan fingerprint density at radius 3 is 2.55 bits per heavy atom. The molecule has 0 radical (unpaired) electrons. The highest BCUT2D eigenvalue weighted by Crippen LogP contribution is 2.22. The van der Waals surface area contributed by atoms with Crippen molar-refractivity contribution in [3.05, 3.63) is 58.6 Å². The molecule has 0 aliphatic carbocycles. The van der Waals surface area contributed by atoms with E-state index in [0.717, 1.165) is 41.6 Å². The van der Waals surface area contributed by atoms with E-state index in [9.17, 15) is 0 Å². The molecule has 0 heterocycles. The first-order chi connectivity index (χ1) is 10.7. The average molecular weight is 320 g/mol. The molecule has 0 aromatic heterocycles. The highest BCUT2D eigenvalue weighted by Gasteiger charge is 2.04. The van der Waals surface area contributed by atoms with Crippen LogP contribution in [0.15, 0.2) is 42.5 Å². The van der Waals surface area contributed by atoms with Crippen molar-refractivity contribution >= 4 is 11.6 Å². The largest absolute Gasteiger partial charge is 0.497 e. The number of hydrogen-bond donors (Lipinski definition) is 1. The molecular formula is C18H22ClNO2. The third kappa shape index (κ3) is 4.93. The minimum Gasteiger partial charge on any atom is -0.497 e. The zero-order chi connectivity index (χ0) is 15.8. The average Bonchev–Trinajstić information content (AvgIpc) is 2.54. The predicted molar refractivity (Wildman–Crippen MR) is 91.0 cm³/mol. The summed E-state index contributed by atoms with van der Waals surface area (Å²) in [6.45, 7) is 4.27. The molecule has 0 aliphatic heterocycles. The second-order valence-electron chi connectivity index (χ2n) is 4.96. The summed E-state index contributed by atoms with van der Waals surface area (Å²) < 4.78 is 10.8. The number of nitrogens with one attached hydrogen (secondary N) is 1. The number of benzene rings is 2. The summed E-state index contributed by atoms with van der Waals surface area (Å²) in [5.74, 6) is 1.78. The lowest BCUT2D eigenvalue weighted by molar-refractivity contribution is 0.335. The SMILES string of the molecule is CCOc1ccc(Cl)cc1CNCCc1ccc(OC)cc1. The molecule has 2 aromatic carbocycles. The minimum absolute atomic E-state index is 0.653. The molecule has 22 heavy (non-hydrogen) atoms. The third-order valence-electron chi connectivity index (χ3n) is 3.39. The van der Waals surface area contributed by atoms with Crippen LogP contribution in [0.5, 0.6) is 11.5 Å². The molecule has 2 rings (SSSR count). The molecule has 0 atom stereocenters. The molecule has 4 heteroatoms. The van der Waals surface area contributed by atoms with Gasteiger partial charge in [-0.1, -0.05) is 23.7 Å². The van der Waals surface area contributed by atoms with Crippen molar-refractivity contribution in [1.82, 2.24) is 5.32 Å². The van der Waals surface area contributed by atoms with E-state index in [1.54, 1.807) is 7.11 Å². The van der Waals surface area contributed by atoms with Crippen LogP contribution in [0.3, 0.4) is 0 Å². The molecule has 0 saturated carbocycles. The maximum absolute atomic E-state index is 6.06. The highest BCUT2D eigenvalue weighted by molar-refractivity contribution is 6.30. The van der Waals surface area contributed by atoms with Gasteiger partial charge in [0.2, 0.25) is 0 Å². The van der Waals surface area contributed by atoms with Crippen molar-refractivity contribution < 1.29 is 9.47 Å². The molecule has 0 bridgehead atoms. The van der Waals surface area contributed by atoms with Crippen LogP contribution in [-0.4, -0.2) is 20.3 Å². The summed E-state index contributed by atoms with van der Waals surface area (Å²) in [6, 6.07) is 13.9. The van der Waals surface area contributed by atoms with E-state index in [-0.39, 0.29) is 0 Å². The van der Waals surface area contributed by atoms with Crippen molar-refractivity contribution in [2.45, 2.75) is 19.9 Å². The topological polar surface area (TPSA) is 30.5 Å². The Balaban J connectivity index is 1.84. The van der Waals surface area contributed by atoms with Crippen molar-refractivity contribution in [1.29, 1.82) is 0 Å². The van der Waals surface area contributed by atoms with Gasteiger partial charge < -0.3 is 14.8 Å². The molecule has 0 spiro atoms. The van der Waals surface area contributed by atoms with Crippen LogP contribution in [-0.2, 0) is 13.0 Å². The molecule has 0 saturated heterocycles. The van der Waals surface area contributed by atoms with E-state index in [2.05, 4.69) is 17.4 Å². The summed E-state index contributed by atoms with van der Waals surface area (Å²) >= 11 is 6.06. The van der Waals surface area contributed by atoms with E-state index in [1.807, 2.05) is 37.3 Å². The van der Waals surface area contributed by atoms with Gasteiger partial charge >= 0.3 is 0 Å². The van der Waals surface area contributed by atoms with Crippen LogP contribution >= 0.6 is 11.6 Å². The van der Waals surface area contributed by atoms with Gasteiger partial charge in [0.05, 0.1) is 13.7 Å². The maximum atomic E-state index is 6.06. The lowest BCUT2D eigenvalue weighted by Crippen LogP contribution is -2.17. The second-order valence-corrected chi connectivity index (χ2v) is 5.40. The Morgan fingerprint density at radius 1 is 1.09 bits per heavy atom. The summed E-state index contributed by atoms with van der Waals surface area (Å²) in [5.41, 5.74) is 2.37. The number of rotatable bonds is 8. The van der Waals surface area contributed by atoms with Crippen LogP contribution < -0.4 is 14.8 Å². The van der Waals surface area contributed by atoms with Crippen LogP contribution in [0.1, 0.15) is 18.1 Å². The zero-order valence-corrected chi connectivity index (χ0v) is 13.8. The molecule has 2 aromatic rings. The van der Waals surface area contributed by atoms with Crippen LogP contribution in [0.2, 0.25) is 5.02 Å². The summed E-state index contributed by atoms with van der Waals surface area (Å²) in [5, 5.41) is 4.17. The Hall–Kier alpha value is -1.71. The lowest BCUT2D eigenvalue weighted by atomic mass is 10.1. The number of ether oxygens (including phenoxy) is 2. The monoisotopic (exact) mass is 319 g/mol. The van der Waals surface area contributed by atoms with Crippen molar-refractivity contribution in [3.63, 3.8) is 0 Å². The predicted octanol–water partition coefficient (Wildman–Crippen LogP) is 4.08. The first kappa shape index (κ1) is 16.7. The van der Waals surface area contributed by atoms with Gasteiger partial charge in [-0.2, -0.15) is 0 Å². The number of halogens is 1. The quantitative estimate of drug-likeness (QED) is 0.744. The Bertz CT molecular complexity index is 584. The smallest absolute Gasteiger partial charge is 0.123 e. The summed E-state index contributed by atoms with van der Waals surface area (Å²) in [7, 11) is 1.68. The normalized spacial score (nSPS) is 10.5. The van der Waals surface area contributed by atoms with Gasteiger partial charge in [-0.25, -0.2) is 0 Å². The van der Waals surface area contributed by atoms with Crippen molar-refractivity contribution in [3.8, 4) is 11.5 Å². The minimum atomic E-state index is 0.653. The van der Waals surface area contributed by atoms with Crippen LogP contribution in [0.25, 0.3) is 0 Å². The van der Waals surface area contributed by atoms with Gasteiger partial charge in [0.1, 0.15) is 11.5 Å². The molecule has 118 valence electrons. The number of hydrogen-bond acceptors (Lipinski definition) is 3. The maximum Gasteiger partial charge on any atom is 0.123 e. The molecular weight excluding hydrogens is 298 g/mol. The molecule has 3 nitrogen and oxygen atoms in total. The molecule has 0 unspecified atom stereocenters. The van der Waals surface area contributed by atoms with Gasteiger partial charge in [-0.3, -0.25) is 0 Å². The fourth-order valence-corrected chi connectivity index (χ4v) is 2.43. The van der Waals surface area contributed by atoms with Gasteiger partial charge in [-0.15, -0.1) is 0 Å². The molecule has 0 aliphatic rings. The van der Waals surface area contributed by atoms with E-state index >= 15 is 0 Å². The van der Waals surface area contributed by atoms with E-state index < -0.39 is 0 Å².